The number of rotatable bonds is 3. The molecule has 3 rings (SSSR count). The summed E-state index contributed by atoms with van der Waals surface area (Å²) in [5, 5.41) is 3.26. The Hall–Kier alpha value is -1.66. The van der Waals surface area contributed by atoms with Crippen molar-refractivity contribution in [2.75, 3.05) is 46.3 Å². The van der Waals surface area contributed by atoms with Crippen molar-refractivity contribution in [2.24, 2.45) is 0 Å². The average Bonchev–Trinajstić information content (AvgIpc) is 2.81. The number of carbonyl (C=O) groups excluding carboxylic acids is 1. The fourth-order valence-corrected chi connectivity index (χ4v) is 3.58. The molecule has 6 nitrogen and oxygen atoms in total. The van der Waals surface area contributed by atoms with Crippen LogP contribution in [-0.4, -0.2) is 78.1 Å². The Morgan fingerprint density at radius 3 is 3.00 bits per heavy atom. The van der Waals surface area contributed by atoms with Gasteiger partial charge in [0.1, 0.15) is 0 Å². The summed E-state index contributed by atoms with van der Waals surface area (Å²) >= 11 is 0. The number of hydrogen-bond donors (Lipinski definition) is 1. The zero-order chi connectivity index (χ0) is 16.8. The molecule has 3 heterocycles. The van der Waals surface area contributed by atoms with E-state index >= 15 is 0 Å². The van der Waals surface area contributed by atoms with E-state index in [1.165, 1.54) is 5.56 Å². The molecule has 2 fully saturated rings. The maximum Gasteiger partial charge on any atom is 0.317 e. The van der Waals surface area contributed by atoms with E-state index in [1.54, 1.807) is 6.20 Å². The first kappa shape index (κ1) is 17.2. The Bertz CT molecular complexity index is 523. The molecule has 24 heavy (non-hydrogen) atoms. The van der Waals surface area contributed by atoms with Gasteiger partial charge in [-0.05, 0) is 51.0 Å². The first-order valence-electron chi connectivity index (χ1n) is 9.06. The fourth-order valence-electron chi connectivity index (χ4n) is 3.58. The van der Waals surface area contributed by atoms with E-state index in [2.05, 4.69) is 33.2 Å². The van der Waals surface area contributed by atoms with E-state index in [0.29, 0.717) is 0 Å². The molecule has 0 bridgehead atoms. The second kappa shape index (κ2) is 8.44. The van der Waals surface area contributed by atoms with Crippen LogP contribution in [-0.2, 0) is 6.54 Å². The molecule has 2 saturated heterocycles. The van der Waals surface area contributed by atoms with Gasteiger partial charge >= 0.3 is 6.03 Å². The van der Waals surface area contributed by atoms with Gasteiger partial charge in [-0.3, -0.25) is 9.88 Å². The number of nitrogens with one attached hydrogen (secondary N) is 1. The predicted octanol–water partition coefficient (Wildman–Crippen LogP) is 1.39. The number of carbonyl (C=O) groups is 1. The van der Waals surface area contributed by atoms with Crippen molar-refractivity contribution in [3.63, 3.8) is 0 Å². The number of aromatic nitrogens is 1. The minimum atomic E-state index is 0.110. The largest absolute Gasteiger partial charge is 0.334 e. The summed E-state index contributed by atoms with van der Waals surface area (Å²) in [5.74, 6) is 0. The van der Waals surface area contributed by atoms with Gasteiger partial charge in [-0.1, -0.05) is 6.07 Å². The Balaban J connectivity index is 1.48. The van der Waals surface area contributed by atoms with Crippen LogP contribution in [0.3, 0.4) is 0 Å². The van der Waals surface area contributed by atoms with E-state index < -0.39 is 0 Å². The minimum absolute atomic E-state index is 0.110. The number of pyridine rings is 1. The molecule has 2 amide bonds. The summed E-state index contributed by atoms with van der Waals surface area (Å²) in [7, 11) is 2.12. The summed E-state index contributed by atoms with van der Waals surface area (Å²) in [6, 6.07) is 4.46. The number of piperidine rings is 1. The van der Waals surface area contributed by atoms with E-state index in [9.17, 15) is 4.79 Å². The Labute approximate surface area is 144 Å². The summed E-state index contributed by atoms with van der Waals surface area (Å²) in [6.07, 6.45) is 7.00. The van der Waals surface area contributed by atoms with E-state index in [1.807, 2.05) is 17.2 Å². The van der Waals surface area contributed by atoms with Crippen LogP contribution in [0.1, 0.15) is 24.8 Å². The number of nitrogens with zero attached hydrogens (tertiary/aromatic N) is 4. The third-order valence-corrected chi connectivity index (χ3v) is 4.97. The molecule has 132 valence electrons. The van der Waals surface area contributed by atoms with Gasteiger partial charge in [0.2, 0.25) is 0 Å². The molecule has 0 unspecified atom stereocenters. The molecule has 0 spiro atoms. The van der Waals surface area contributed by atoms with Crippen molar-refractivity contribution in [2.45, 2.75) is 31.8 Å². The Morgan fingerprint density at radius 2 is 2.17 bits per heavy atom. The van der Waals surface area contributed by atoms with Crippen molar-refractivity contribution in [1.29, 1.82) is 0 Å². The van der Waals surface area contributed by atoms with Gasteiger partial charge in [0.25, 0.3) is 0 Å². The molecule has 2 aliphatic rings. The van der Waals surface area contributed by atoms with E-state index in [-0.39, 0.29) is 12.1 Å². The van der Waals surface area contributed by atoms with Gasteiger partial charge in [0, 0.05) is 51.2 Å². The topological polar surface area (TPSA) is 51.7 Å². The quantitative estimate of drug-likeness (QED) is 0.909. The standard InChI is InChI=1S/C18H29N5O/c1-21-8-4-10-23(12-11-21)18(24)20-17-6-3-9-22(15-17)14-16-5-2-7-19-13-16/h2,5,7,13,17H,3-4,6,8-12,14-15H2,1H3,(H,20,24)/t17-/m1/s1. The van der Waals surface area contributed by atoms with Gasteiger partial charge in [-0.25, -0.2) is 4.79 Å². The molecule has 0 aliphatic carbocycles. The van der Waals surface area contributed by atoms with Crippen molar-refractivity contribution in [1.82, 2.24) is 25.0 Å². The molecule has 1 N–H and O–H groups in total. The number of likely N-dealkylation sites (N-methyl/N-ethyl adjacent to an activating group) is 1. The average molecular weight is 331 g/mol. The second-order valence-corrected chi connectivity index (χ2v) is 7.03. The summed E-state index contributed by atoms with van der Waals surface area (Å²) in [4.78, 5) is 23.4. The molecule has 1 aromatic heterocycles. The number of amides is 2. The molecule has 2 aliphatic heterocycles. The van der Waals surface area contributed by atoms with E-state index in [4.69, 9.17) is 0 Å². The summed E-state index contributed by atoms with van der Waals surface area (Å²) in [5.41, 5.74) is 1.24. The van der Waals surface area contributed by atoms with Gasteiger partial charge in [0.05, 0.1) is 0 Å². The second-order valence-electron chi connectivity index (χ2n) is 7.03. The molecule has 6 heteroatoms. The first-order valence-corrected chi connectivity index (χ1v) is 9.06. The maximum absolute atomic E-state index is 12.6. The van der Waals surface area contributed by atoms with Crippen LogP contribution in [0.2, 0.25) is 0 Å². The van der Waals surface area contributed by atoms with E-state index in [0.717, 1.165) is 65.1 Å². The Kier molecular flexibility index (Phi) is 6.04. The zero-order valence-electron chi connectivity index (χ0n) is 14.7. The lowest BCUT2D eigenvalue weighted by Crippen LogP contribution is -2.51. The van der Waals surface area contributed by atoms with Crippen LogP contribution in [0, 0.1) is 0 Å². The highest BCUT2D eigenvalue weighted by Gasteiger charge is 2.24. The molecular formula is C18H29N5O. The van der Waals surface area contributed by atoms with Gasteiger partial charge in [-0.2, -0.15) is 0 Å². The predicted molar refractivity (Wildman–Crippen MR) is 94.8 cm³/mol. The van der Waals surface area contributed by atoms with Crippen LogP contribution in [0.15, 0.2) is 24.5 Å². The Morgan fingerprint density at radius 1 is 1.25 bits per heavy atom. The zero-order valence-corrected chi connectivity index (χ0v) is 14.7. The monoisotopic (exact) mass is 331 g/mol. The molecule has 0 aromatic carbocycles. The van der Waals surface area contributed by atoms with Crippen molar-refractivity contribution in [3.05, 3.63) is 30.1 Å². The molecule has 1 atom stereocenters. The highest BCUT2D eigenvalue weighted by Crippen LogP contribution is 2.14. The minimum Gasteiger partial charge on any atom is -0.334 e. The lowest BCUT2D eigenvalue weighted by atomic mass is 10.1. The van der Waals surface area contributed by atoms with Crippen LogP contribution < -0.4 is 5.32 Å². The lowest BCUT2D eigenvalue weighted by molar-refractivity contribution is 0.164. The normalized spacial score (nSPS) is 23.7. The molecule has 1 aromatic rings. The third kappa shape index (κ3) is 4.92. The highest BCUT2D eigenvalue weighted by atomic mass is 16.2. The number of likely N-dealkylation sites (tertiary alicyclic amines) is 1. The third-order valence-electron chi connectivity index (χ3n) is 4.97. The van der Waals surface area contributed by atoms with Gasteiger partial charge in [0.15, 0.2) is 0 Å². The van der Waals surface area contributed by atoms with Crippen LogP contribution in [0.25, 0.3) is 0 Å². The van der Waals surface area contributed by atoms with Crippen LogP contribution in [0.5, 0.6) is 0 Å². The van der Waals surface area contributed by atoms with Gasteiger partial charge in [-0.15, -0.1) is 0 Å². The van der Waals surface area contributed by atoms with Gasteiger partial charge < -0.3 is 15.1 Å². The fraction of sp³-hybridized carbons (Fsp3) is 0.667. The molecule has 0 saturated carbocycles. The summed E-state index contributed by atoms with van der Waals surface area (Å²) in [6.45, 7) is 6.66. The molecule has 0 radical (unpaired) electrons. The van der Waals surface area contributed by atoms with Crippen LogP contribution >= 0.6 is 0 Å². The van der Waals surface area contributed by atoms with Crippen molar-refractivity contribution in [3.8, 4) is 0 Å². The van der Waals surface area contributed by atoms with Crippen molar-refractivity contribution >= 4 is 6.03 Å². The first-order chi connectivity index (χ1) is 11.7. The SMILES string of the molecule is CN1CCCN(C(=O)N[C@@H]2CCCN(Cc3cccnc3)C2)CC1. The lowest BCUT2D eigenvalue weighted by Gasteiger charge is -2.34. The maximum atomic E-state index is 12.6. The van der Waals surface area contributed by atoms with Crippen LogP contribution in [0.4, 0.5) is 4.79 Å². The number of urea groups is 1. The summed E-state index contributed by atoms with van der Waals surface area (Å²) < 4.78 is 0. The smallest absolute Gasteiger partial charge is 0.317 e. The highest BCUT2D eigenvalue weighted by molar-refractivity contribution is 5.74. The molecular weight excluding hydrogens is 302 g/mol. The number of hydrogen-bond acceptors (Lipinski definition) is 4. The van der Waals surface area contributed by atoms with Crippen molar-refractivity contribution < 1.29 is 4.79 Å².